The number of H-pyrrole nitrogens is 1. The van der Waals surface area contributed by atoms with Crippen molar-refractivity contribution < 1.29 is 8.78 Å². The number of pyridine rings is 1. The van der Waals surface area contributed by atoms with Gasteiger partial charge in [-0.3, -0.25) is 4.79 Å². The number of halogens is 3. The average molecular weight is 238 g/mol. The Balaban J connectivity index is 3.39. The van der Waals surface area contributed by atoms with Gasteiger partial charge in [0.15, 0.2) is 0 Å². The third-order valence-electron chi connectivity index (χ3n) is 1.46. The minimum absolute atomic E-state index is 0.292. The maximum Gasteiger partial charge on any atom is 0.269 e. The van der Waals surface area contributed by atoms with E-state index in [2.05, 4.69) is 20.9 Å². The molecule has 0 aromatic carbocycles. The van der Waals surface area contributed by atoms with Crippen molar-refractivity contribution in [2.24, 2.45) is 0 Å². The van der Waals surface area contributed by atoms with Crippen molar-refractivity contribution in [1.82, 2.24) is 4.98 Å². The maximum absolute atomic E-state index is 12.2. The normalized spacial score (nSPS) is 10.8. The lowest BCUT2D eigenvalue weighted by Crippen LogP contribution is -2.14. The van der Waals surface area contributed by atoms with Crippen LogP contribution in [0.5, 0.6) is 0 Å². The zero-order valence-electron chi connectivity index (χ0n) is 6.20. The number of aromatic amines is 1. The van der Waals surface area contributed by atoms with Crippen molar-refractivity contribution in [1.29, 1.82) is 0 Å². The standard InChI is InChI=1S/C7H6BrF2NO/c1-3-2-4(8)11-7(12)5(3)6(9)10/h2,6H,1H3,(H,11,12). The van der Waals surface area contributed by atoms with Gasteiger partial charge in [0.2, 0.25) is 0 Å². The van der Waals surface area contributed by atoms with Crippen molar-refractivity contribution in [3.63, 3.8) is 0 Å². The molecule has 0 aliphatic heterocycles. The summed E-state index contributed by atoms with van der Waals surface area (Å²) in [6.45, 7) is 1.47. The third-order valence-corrected chi connectivity index (χ3v) is 1.89. The van der Waals surface area contributed by atoms with Crippen LogP contribution in [-0.4, -0.2) is 4.98 Å². The van der Waals surface area contributed by atoms with Crippen LogP contribution in [0.1, 0.15) is 17.6 Å². The first-order valence-electron chi connectivity index (χ1n) is 3.20. The summed E-state index contributed by atoms with van der Waals surface area (Å²) in [6, 6.07) is 1.45. The van der Waals surface area contributed by atoms with Crippen molar-refractivity contribution in [3.05, 3.63) is 32.2 Å². The van der Waals surface area contributed by atoms with E-state index in [1.54, 1.807) is 0 Å². The van der Waals surface area contributed by atoms with E-state index in [1.807, 2.05) is 0 Å². The Morgan fingerprint density at radius 2 is 2.17 bits per heavy atom. The fourth-order valence-electron chi connectivity index (χ4n) is 0.930. The van der Waals surface area contributed by atoms with Gasteiger partial charge < -0.3 is 4.98 Å². The molecule has 0 atom stereocenters. The van der Waals surface area contributed by atoms with E-state index in [0.29, 0.717) is 10.2 Å². The van der Waals surface area contributed by atoms with Gasteiger partial charge in [-0.15, -0.1) is 0 Å². The number of aryl methyl sites for hydroxylation is 1. The third kappa shape index (κ3) is 1.72. The molecule has 0 aliphatic rings. The van der Waals surface area contributed by atoms with Crippen LogP contribution in [0, 0.1) is 6.92 Å². The molecule has 0 saturated carbocycles. The van der Waals surface area contributed by atoms with Crippen LogP contribution in [0.4, 0.5) is 8.78 Å². The Hall–Kier alpha value is -0.710. The first-order valence-corrected chi connectivity index (χ1v) is 3.99. The van der Waals surface area contributed by atoms with Gasteiger partial charge in [-0.25, -0.2) is 8.78 Å². The van der Waals surface area contributed by atoms with Crippen molar-refractivity contribution in [2.75, 3.05) is 0 Å². The molecular weight excluding hydrogens is 232 g/mol. The summed E-state index contributed by atoms with van der Waals surface area (Å²) in [5.41, 5.74) is -0.907. The van der Waals surface area contributed by atoms with Gasteiger partial charge in [0.05, 0.1) is 10.2 Å². The van der Waals surface area contributed by atoms with Gasteiger partial charge in [0, 0.05) is 0 Å². The fraction of sp³-hybridized carbons (Fsp3) is 0.286. The van der Waals surface area contributed by atoms with Gasteiger partial charge in [0.1, 0.15) is 0 Å². The minimum Gasteiger partial charge on any atom is -0.316 e. The van der Waals surface area contributed by atoms with Crippen LogP contribution in [-0.2, 0) is 0 Å². The van der Waals surface area contributed by atoms with Crippen LogP contribution in [0.15, 0.2) is 15.5 Å². The lowest BCUT2D eigenvalue weighted by atomic mass is 10.2. The molecule has 0 unspecified atom stereocenters. The zero-order valence-corrected chi connectivity index (χ0v) is 7.78. The fourth-order valence-corrected chi connectivity index (χ4v) is 1.45. The highest BCUT2D eigenvalue weighted by molar-refractivity contribution is 9.10. The molecule has 0 aliphatic carbocycles. The van der Waals surface area contributed by atoms with Gasteiger partial charge in [0.25, 0.3) is 12.0 Å². The van der Waals surface area contributed by atoms with E-state index < -0.39 is 17.5 Å². The lowest BCUT2D eigenvalue weighted by molar-refractivity contribution is 0.149. The van der Waals surface area contributed by atoms with Crippen molar-refractivity contribution >= 4 is 15.9 Å². The summed E-state index contributed by atoms with van der Waals surface area (Å²) < 4.78 is 24.8. The van der Waals surface area contributed by atoms with E-state index in [1.165, 1.54) is 13.0 Å². The largest absolute Gasteiger partial charge is 0.316 e. The first-order chi connectivity index (χ1) is 5.52. The highest BCUT2D eigenvalue weighted by Gasteiger charge is 2.15. The Labute approximate surface area is 75.7 Å². The van der Waals surface area contributed by atoms with Gasteiger partial charge in [-0.2, -0.15) is 0 Å². The number of hydrogen-bond donors (Lipinski definition) is 1. The minimum atomic E-state index is -2.72. The lowest BCUT2D eigenvalue weighted by Gasteiger charge is -2.02. The second-order valence-electron chi connectivity index (χ2n) is 2.34. The number of nitrogens with one attached hydrogen (secondary N) is 1. The highest BCUT2D eigenvalue weighted by atomic mass is 79.9. The quantitative estimate of drug-likeness (QED) is 0.748. The van der Waals surface area contributed by atoms with E-state index in [4.69, 9.17) is 0 Å². The number of hydrogen-bond acceptors (Lipinski definition) is 1. The highest BCUT2D eigenvalue weighted by Crippen LogP contribution is 2.19. The van der Waals surface area contributed by atoms with Crippen LogP contribution in [0.3, 0.4) is 0 Å². The summed E-state index contributed by atoms with van der Waals surface area (Å²) >= 11 is 3.00. The molecule has 1 rings (SSSR count). The zero-order chi connectivity index (χ0) is 9.30. The molecule has 12 heavy (non-hydrogen) atoms. The van der Waals surface area contributed by atoms with Crippen molar-refractivity contribution in [3.8, 4) is 0 Å². The Morgan fingerprint density at radius 3 is 2.58 bits per heavy atom. The summed E-state index contributed by atoms with van der Waals surface area (Å²) in [6.07, 6.45) is -2.72. The predicted octanol–water partition coefficient (Wildman–Crippen LogP) is 2.38. The number of alkyl halides is 2. The molecule has 0 fully saturated rings. The molecule has 0 radical (unpaired) electrons. The van der Waals surface area contributed by atoms with E-state index in [0.717, 1.165) is 0 Å². The van der Waals surface area contributed by atoms with E-state index in [-0.39, 0.29) is 0 Å². The van der Waals surface area contributed by atoms with E-state index in [9.17, 15) is 13.6 Å². The van der Waals surface area contributed by atoms with Gasteiger partial charge >= 0.3 is 0 Å². The Morgan fingerprint density at radius 1 is 1.58 bits per heavy atom. The molecule has 1 aromatic rings. The van der Waals surface area contributed by atoms with Crippen LogP contribution < -0.4 is 5.56 Å². The molecule has 66 valence electrons. The molecule has 2 nitrogen and oxygen atoms in total. The first kappa shape index (κ1) is 9.38. The smallest absolute Gasteiger partial charge is 0.269 e. The molecule has 1 N–H and O–H groups in total. The van der Waals surface area contributed by atoms with Gasteiger partial charge in [-0.1, -0.05) is 0 Å². The Bertz CT molecular complexity index is 348. The summed E-state index contributed by atoms with van der Waals surface area (Å²) in [5, 5.41) is 0. The maximum atomic E-state index is 12.2. The van der Waals surface area contributed by atoms with Crippen LogP contribution in [0.2, 0.25) is 0 Å². The Kier molecular flexibility index (Phi) is 2.62. The monoisotopic (exact) mass is 237 g/mol. The molecule has 0 spiro atoms. The van der Waals surface area contributed by atoms with Gasteiger partial charge in [-0.05, 0) is 34.5 Å². The summed E-state index contributed by atoms with van der Waals surface area (Å²) in [7, 11) is 0. The molecule has 5 heteroatoms. The SMILES string of the molecule is Cc1cc(Br)[nH]c(=O)c1C(F)F. The van der Waals surface area contributed by atoms with E-state index >= 15 is 0 Å². The van der Waals surface area contributed by atoms with Crippen molar-refractivity contribution in [2.45, 2.75) is 13.3 Å². The summed E-state index contributed by atoms with van der Waals surface area (Å²) in [5.74, 6) is 0. The molecule has 0 saturated heterocycles. The second kappa shape index (κ2) is 3.35. The van der Waals surface area contributed by atoms with Crippen LogP contribution in [0.25, 0.3) is 0 Å². The average Bonchev–Trinajstić information content (AvgIpc) is 1.82. The summed E-state index contributed by atoms with van der Waals surface area (Å²) in [4.78, 5) is 13.2. The molecule has 1 heterocycles. The molecule has 0 bridgehead atoms. The number of aromatic nitrogens is 1. The van der Waals surface area contributed by atoms with Crippen LogP contribution >= 0.6 is 15.9 Å². The predicted molar refractivity (Wildman–Crippen MR) is 44.5 cm³/mol. The molecule has 0 amide bonds. The second-order valence-corrected chi connectivity index (χ2v) is 3.20. The molecule has 1 aromatic heterocycles. The topological polar surface area (TPSA) is 32.9 Å². The molecular formula is C7H6BrF2NO. The number of rotatable bonds is 1.